The van der Waals surface area contributed by atoms with Crippen LogP contribution >= 0.6 is 0 Å². The Labute approximate surface area is 101 Å². The van der Waals surface area contributed by atoms with E-state index in [4.69, 9.17) is 5.73 Å². The van der Waals surface area contributed by atoms with E-state index in [9.17, 15) is 0 Å². The first-order chi connectivity index (χ1) is 7.59. The zero-order valence-electron chi connectivity index (χ0n) is 11.3. The molecule has 1 rings (SSSR count). The van der Waals surface area contributed by atoms with Crippen LogP contribution in [0.3, 0.4) is 0 Å². The fraction of sp³-hybridized carbons (Fsp3) is 1.00. The first-order valence-electron chi connectivity index (χ1n) is 6.68. The molecule has 0 aliphatic heterocycles. The topological polar surface area (TPSA) is 32.5 Å². The van der Waals surface area contributed by atoms with Crippen LogP contribution in [0.25, 0.3) is 0 Å². The predicted octanol–water partition coefficient (Wildman–Crippen LogP) is 1.39. The molecule has 0 saturated heterocycles. The molecule has 3 heteroatoms. The summed E-state index contributed by atoms with van der Waals surface area (Å²) in [5, 5.41) is 0. The Hall–Kier alpha value is -0.120. The molecule has 3 nitrogen and oxygen atoms in total. The average Bonchev–Trinajstić information content (AvgIpc) is 2.42. The summed E-state index contributed by atoms with van der Waals surface area (Å²) in [4.78, 5) is 4.68. The molecule has 2 atom stereocenters. The number of nitrogens with zero attached hydrogens (tertiary/aromatic N) is 2. The summed E-state index contributed by atoms with van der Waals surface area (Å²) in [7, 11) is 6.48. The fourth-order valence-corrected chi connectivity index (χ4v) is 2.50. The van der Waals surface area contributed by atoms with Crippen molar-refractivity contribution in [2.24, 2.45) is 11.7 Å². The Balaban J connectivity index is 2.27. The van der Waals surface area contributed by atoms with Gasteiger partial charge in [0.25, 0.3) is 0 Å². The maximum Gasteiger partial charge on any atom is 0.0106 e. The van der Waals surface area contributed by atoms with Crippen LogP contribution in [-0.4, -0.2) is 56.6 Å². The molecule has 1 aliphatic carbocycles. The van der Waals surface area contributed by atoms with Gasteiger partial charge < -0.3 is 15.5 Å². The van der Waals surface area contributed by atoms with Crippen LogP contribution in [0.2, 0.25) is 0 Å². The second kappa shape index (κ2) is 7.25. The van der Waals surface area contributed by atoms with Gasteiger partial charge in [0.05, 0.1) is 0 Å². The molecule has 16 heavy (non-hydrogen) atoms. The van der Waals surface area contributed by atoms with Crippen molar-refractivity contribution in [3.8, 4) is 0 Å². The van der Waals surface area contributed by atoms with Crippen molar-refractivity contribution in [1.82, 2.24) is 9.80 Å². The van der Waals surface area contributed by atoms with Gasteiger partial charge in [0.15, 0.2) is 0 Å². The standard InChI is InChI=1S/C13H29N3/c1-15(2)9-10-16(3)11-12-7-5-4-6-8-13(12)14/h12-13H,4-11,14H2,1-3H3. The van der Waals surface area contributed by atoms with Gasteiger partial charge in [-0.3, -0.25) is 0 Å². The van der Waals surface area contributed by atoms with Gasteiger partial charge in [0, 0.05) is 25.7 Å². The van der Waals surface area contributed by atoms with Crippen molar-refractivity contribution in [3.05, 3.63) is 0 Å². The van der Waals surface area contributed by atoms with Crippen molar-refractivity contribution in [2.75, 3.05) is 40.8 Å². The van der Waals surface area contributed by atoms with Crippen molar-refractivity contribution in [3.63, 3.8) is 0 Å². The SMILES string of the molecule is CN(C)CCN(C)CC1CCCCCC1N. The lowest BCUT2D eigenvalue weighted by Crippen LogP contribution is -2.39. The van der Waals surface area contributed by atoms with E-state index in [0.717, 1.165) is 19.0 Å². The van der Waals surface area contributed by atoms with Crippen LogP contribution in [0.15, 0.2) is 0 Å². The lowest BCUT2D eigenvalue weighted by atomic mass is 9.95. The molecule has 96 valence electrons. The van der Waals surface area contributed by atoms with Gasteiger partial charge in [0.2, 0.25) is 0 Å². The minimum Gasteiger partial charge on any atom is -0.327 e. The van der Waals surface area contributed by atoms with E-state index in [1.807, 2.05) is 0 Å². The van der Waals surface area contributed by atoms with E-state index in [1.165, 1.54) is 38.6 Å². The summed E-state index contributed by atoms with van der Waals surface area (Å²) >= 11 is 0. The second-order valence-corrected chi connectivity index (χ2v) is 5.63. The molecular formula is C13H29N3. The molecule has 0 spiro atoms. The smallest absolute Gasteiger partial charge is 0.0106 e. The molecule has 0 aromatic carbocycles. The van der Waals surface area contributed by atoms with E-state index in [2.05, 4.69) is 30.9 Å². The summed E-state index contributed by atoms with van der Waals surface area (Å²) in [5.74, 6) is 0.717. The van der Waals surface area contributed by atoms with Crippen LogP contribution in [0.1, 0.15) is 32.1 Å². The number of rotatable bonds is 5. The predicted molar refractivity (Wildman–Crippen MR) is 70.6 cm³/mol. The Bertz CT molecular complexity index is 182. The first-order valence-corrected chi connectivity index (χ1v) is 6.68. The van der Waals surface area contributed by atoms with Crippen LogP contribution in [0, 0.1) is 5.92 Å². The van der Waals surface area contributed by atoms with Crippen molar-refractivity contribution < 1.29 is 0 Å². The highest BCUT2D eigenvalue weighted by Crippen LogP contribution is 2.22. The number of hydrogen-bond acceptors (Lipinski definition) is 3. The molecule has 0 radical (unpaired) electrons. The molecular weight excluding hydrogens is 198 g/mol. The van der Waals surface area contributed by atoms with Gasteiger partial charge in [-0.25, -0.2) is 0 Å². The molecule has 0 aromatic rings. The largest absolute Gasteiger partial charge is 0.327 e. The zero-order valence-corrected chi connectivity index (χ0v) is 11.3. The van der Waals surface area contributed by atoms with Crippen LogP contribution in [-0.2, 0) is 0 Å². The summed E-state index contributed by atoms with van der Waals surface area (Å²) in [5.41, 5.74) is 6.25. The Morgan fingerprint density at radius 3 is 2.38 bits per heavy atom. The van der Waals surface area contributed by atoms with Gasteiger partial charge in [-0.1, -0.05) is 19.3 Å². The van der Waals surface area contributed by atoms with E-state index in [0.29, 0.717) is 6.04 Å². The van der Waals surface area contributed by atoms with Gasteiger partial charge in [-0.15, -0.1) is 0 Å². The Kier molecular flexibility index (Phi) is 6.32. The average molecular weight is 227 g/mol. The third-order valence-electron chi connectivity index (χ3n) is 3.69. The molecule has 1 fully saturated rings. The molecule has 0 heterocycles. The van der Waals surface area contributed by atoms with Gasteiger partial charge in [0.1, 0.15) is 0 Å². The van der Waals surface area contributed by atoms with E-state index >= 15 is 0 Å². The molecule has 0 bridgehead atoms. The molecule has 2 unspecified atom stereocenters. The minimum atomic E-state index is 0.435. The van der Waals surface area contributed by atoms with Gasteiger partial charge in [-0.2, -0.15) is 0 Å². The third kappa shape index (κ3) is 5.28. The molecule has 1 aliphatic rings. The molecule has 2 N–H and O–H groups in total. The fourth-order valence-electron chi connectivity index (χ4n) is 2.50. The Morgan fingerprint density at radius 1 is 1.00 bits per heavy atom. The van der Waals surface area contributed by atoms with Gasteiger partial charge >= 0.3 is 0 Å². The van der Waals surface area contributed by atoms with Crippen molar-refractivity contribution in [2.45, 2.75) is 38.1 Å². The van der Waals surface area contributed by atoms with E-state index in [1.54, 1.807) is 0 Å². The van der Waals surface area contributed by atoms with Crippen LogP contribution in [0.5, 0.6) is 0 Å². The summed E-state index contributed by atoms with van der Waals surface area (Å²) in [6.07, 6.45) is 6.64. The second-order valence-electron chi connectivity index (χ2n) is 5.63. The van der Waals surface area contributed by atoms with E-state index in [-0.39, 0.29) is 0 Å². The lowest BCUT2D eigenvalue weighted by Gasteiger charge is -2.27. The highest BCUT2D eigenvalue weighted by Gasteiger charge is 2.21. The summed E-state index contributed by atoms with van der Waals surface area (Å²) < 4.78 is 0. The molecule has 0 aromatic heterocycles. The monoisotopic (exact) mass is 227 g/mol. The van der Waals surface area contributed by atoms with Crippen molar-refractivity contribution >= 4 is 0 Å². The maximum absolute atomic E-state index is 6.25. The van der Waals surface area contributed by atoms with Crippen LogP contribution < -0.4 is 5.73 Å². The molecule has 1 saturated carbocycles. The van der Waals surface area contributed by atoms with Gasteiger partial charge in [-0.05, 0) is 39.9 Å². The summed E-state index contributed by atoms with van der Waals surface area (Å²) in [6, 6.07) is 0.435. The number of likely N-dealkylation sites (N-methyl/N-ethyl adjacent to an activating group) is 2. The summed E-state index contributed by atoms with van der Waals surface area (Å²) in [6.45, 7) is 3.46. The van der Waals surface area contributed by atoms with Crippen LogP contribution in [0.4, 0.5) is 0 Å². The highest BCUT2D eigenvalue weighted by atomic mass is 15.1. The minimum absolute atomic E-state index is 0.435. The number of hydrogen-bond donors (Lipinski definition) is 1. The quantitative estimate of drug-likeness (QED) is 0.720. The number of nitrogens with two attached hydrogens (primary N) is 1. The molecule has 0 amide bonds. The highest BCUT2D eigenvalue weighted by molar-refractivity contribution is 4.78. The van der Waals surface area contributed by atoms with Crippen molar-refractivity contribution in [1.29, 1.82) is 0 Å². The normalized spacial score (nSPS) is 27.4. The first kappa shape index (κ1) is 13.9. The maximum atomic E-state index is 6.25. The third-order valence-corrected chi connectivity index (χ3v) is 3.69. The lowest BCUT2D eigenvalue weighted by molar-refractivity contribution is 0.223. The Morgan fingerprint density at radius 2 is 1.69 bits per heavy atom. The zero-order chi connectivity index (χ0) is 12.0. The van der Waals surface area contributed by atoms with E-state index < -0.39 is 0 Å².